The molecule has 2 aliphatic carbocycles. The summed E-state index contributed by atoms with van der Waals surface area (Å²) in [6, 6.07) is 3.64. The third kappa shape index (κ3) is 3.82. The lowest BCUT2D eigenvalue weighted by molar-refractivity contribution is -0.119. The predicted octanol–water partition coefficient (Wildman–Crippen LogP) is 3.80. The summed E-state index contributed by atoms with van der Waals surface area (Å²) in [5.41, 5.74) is 0.694. The van der Waals surface area contributed by atoms with Gasteiger partial charge in [-0.25, -0.2) is 4.98 Å². The summed E-state index contributed by atoms with van der Waals surface area (Å²) >= 11 is 1.40. The monoisotopic (exact) mass is 373 g/mol. The molecule has 2 aliphatic rings. The molecule has 2 saturated carbocycles. The van der Waals surface area contributed by atoms with Gasteiger partial charge in [0.25, 0.3) is 0 Å². The molecule has 2 aromatic rings. The van der Waals surface area contributed by atoms with Crippen molar-refractivity contribution in [1.29, 1.82) is 0 Å². The molecule has 0 unspecified atom stereocenters. The largest absolute Gasteiger partial charge is 0.458 e. The standard InChI is InChI=1S/C19H23N3O3S/c1-11(23)20-9-15-4-5-17(25-15)16-10-26-19(21-16)22-18(24)8-14-7-12-2-3-13(14)6-12/h4-5,10,12-14H,2-3,6-9H2,1H3,(H,20,23)(H,21,22,24)/t12-,13-,14-/m0/s1. The minimum atomic E-state index is -0.0999. The van der Waals surface area contributed by atoms with Gasteiger partial charge in [0.05, 0.1) is 6.54 Å². The Bertz CT molecular complexity index is 813. The maximum atomic E-state index is 12.3. The van der Waals surface area contributed by atoms with E-state index in [-0.39, 0.29) is 11.8 Å². The van der Waals surface area contributed by atoms with Gasteiger partial charge in [0.15, 0.2) is 10.9 Å². The van der Waals surface area contributed by atoms with Crippen LogP contribution in [0.15, 0.2) is 21.9 Å². The van der Waals surface area contributed by atoms with E-state index >= 15 is 0 Å². The normalized spacial score (nSPS) is 24.0. The first-order valence-electron chi connectivity index (χ1n) is 9.15. The molecule has 2 bridgehead atoms. The van der Waals surface area contributed by atoms with Crippen LogP contribution in [0.2, 0.25) is 0 Å². The molecule has 7 heteroatoms. The smallest absolute Gasteiger partial charge is 0.226 e. The number of carbonyl (C=O) groups is 2. The summed E-state index contributed by atoms with van der Waals surface area (Å²) in [6.45, 7) is 1.82. The topological polar surface area (TPSA) is 84.2 Å². The van der Waals surface area contributed by atoms with Crippen LogP contribution in [-0.2, 0) is 16.1 Å². The van der Waals surface area contributed by atoms with Crippen LogP contribution in [-0.4, -0.2) is 16.8 Å². The lowest BCUT2D eigenvalue weighted by atomic mass is 9.86. The zero-order valence-corrected chi connectivity index (χ0v) is 15.6. The fraction of sp³-hybridized carbons (Fsp3) is 0.526. The Labute approximate surface area is 156 Å². The zero-order valence-electron chi connectivity index (χ0n) is 14.8. The molecule has 3 atom stereocenters. The van der Waals surface area contributed by atoms with Gasteiger partial charge >= 0.3 is 0 Å². The third-order valence-electron chi connectivity index (χ3n) is 5.51. The third-order valence-corrected chi connectivity index (χ3v) is 6.27. The number of nitrogens with zero attached hydrogens (tertiary/aromatic N) is 1. The molecule has 2 fully saturated rings. The summed E-state index contributed by atoms with van der Waals surface area (Å²) in [4.78, 5) is 27.8. The van der Waals surface area contributed by atoms with E-state index in [9.17, 15) is 9.59 Å². The van der Waals surface area contributed by atoms with Crippen molar-refractivity contribution in [3.05, 3.63) is 23.3 Å². The molecule has 6 nitrogen and oxygen atoms in total. The Morgan fingerprint density at radius 3 is 2.92 bits per heavy atom. The van der Waals surface area contributed by atoms with Crippen molar-refractivity contribution in [3.8, 4) is 11.5 Å². The Balaban J connectivity index is 1.33. The number of furan rings is 1. The number of nitrogens with one attached hydrogen (secondary N) is 2. The van der Waals surface area contributed by atoms with Gasteiger partial charge in [-0.05, 0) is 49.1 Å². The average molecular weight is 373 g/mol. The summed E-state index contributed by atoms with van der Waals surface area (Å²) < 4.78 is 5.70. The minimum Gasteiger partial charge on any atom is -0.458 e. The number of thiazole rings is 1. The van der Waals surface area contributed by atoms with Crippen LogP contribution in [0.4, 0.5) is 5.13 Å². The lowest BCUT2D eigenvalue weighted by Crippen LogP contribution is -2.20. The molecule has 0 aliphatic heterocycles. The van der Waals surface area contributed by atoms with Crippen LogP contribution >= 0.6 is 11.3 Å². The first-order valence-corrected chi connectivity index (χ1v) is 10.0. The van der Waals surface area contributed by atoms with Crippen LogP contribution in [0.3, 0.4) is 0 Å². The molecule has 2 amide bonds. The molecular weight excluding hydrogens is 350 g/mol. The molecule has 2 heterocycles. The molecule has 0 spiro atoms. The maximum absolute atomic E-state index is 12.3. The first-order chi connectivity index (χ1) is 12.6. The van der Waals surface area contributed by atoms with Gasteiger partial charge in [0.1, 0.15) is 11.5 Å². The molecule has 4 rings (SSSR count). The highest BCUT2D eigenvalue weighted by molar-refractivity contribution is 7.14. The second-order valence-electron chi connectivity index (χ2n) is 7.40. The van der Waals surface area contributed by atoms with Gasteiger partial charge in [-0.2, -0.15) is 0 Å². The van der Waals surface area contributed by atoms with Gasteiger partial charge in [-0.1, -0.05) is 6.42 Å². The Morgan fingerprint density at radius 2 is 2.19 bits per heavy atom. The number of rotatable bonds is 6. The summed E-state index contributed by atoms with van der Waals surface area (Å²) in [5.74, 6) is 3.43. The van der Waals surface area contributed by atoms with Gasteiger partial charge in [0.2, 0.25) is 11.8 Å². The summed E-state index contributed by atoms with van der Waals surface area (Å²) in [7, 11) is 0. The average Bonchev–Trinajstić information content (AvgIpc) is 3.37. The molecule has 0 aromatic carbocycles. The Morgan fingerprint density at radius 1 is 1.31 bits per heavy atom. The second kappa shape index (κ2) is 7.23. The summed E-state index contributed by atoms with van der Waals surface area (Å²) in [5, 5.41) is 8.11. The van der Waals surface area contributed by atoms with Crippen molar-refractivity contribution in [1.82, 2.24) is 10.3 Å². The van der Waals surface area contributed by atoms with E-state index < -0.39 is 0 Å². The van der Waals surface area contributed by atoms with Gasteiger partial charge in [0, 0.05) is 18.7 Å². The maximum Gasteiger partial charge on any atom is 0.226 e. The second-order valence-corrected chi connectivity index (χ2v) is 8.26. The fourth-order valence-corrected chi connectivity index (χ4v) is 5.02. The molecule has 138 valence electrons. The van der Waals surface area contributed by atoms with E-state index in [1.54, 1.807) is 0 Å². The number of hydrogen-bond acceptors (Lipinski definition) is 5. The van der Waals surface area contributed by atoms with Gasteiger partial charge in [-0.3, -0.25) is 9.59 Å². The van der Waals surface area contributed by atoms with Gasteiger partial charge < -0.3 is 15.1 Å². The molecule has 26 heavy (non-hydrogen) atoms. The number of aromatic nitrogens is 1. The Kier molecular flexibility index (Phi) is 4.80. The molecular formula is C19H23N3O3S. The van der Waals surface area contributed by atoms with Crippen LogP contribution in [0.5, 0.6) is 0 Å². The molecule has 2 N–H and O–H groups in total. The number of hydrogen-bond donors (Lipinski definition) is 2. The lowest BCUT2D eigenvalue weighted by Gasteiger charge is -2.20. The van der Waals surface area contributed by atoms with Crippen molar-refractivity contribution < 1.29 is 14.0 Å². The number of amides is 2. The van der Waals surface area contributed by atoms with Crippen molar-refractivity contribution in [2.45, 2.75) is 45.6 Å². The van der Waals surface area contributed by atoms with E-state index in [0.29, 0.717) is 41.2 Å². The van der Waals surface area contributed by atoms with E-state index in [2.05, 4.69) is 15.6 Å². The molecule has 0 radical (unpaired) electrons. The van der Waals surface area contributed by atoms with Crippen molar-refractivity contribution in [2.24, 2.45) is 17.8 Å². The first kappa shape index (κ1) is 17.3. The minimum absolute atomic E-state index is 0.0641. The van der Waals surface area contributed by atoms with E-state index in [1.165, 1.54) is 43.9 Å². The highest BCUT2D eigenvalue weighted by Gasteiger charge is 2.40. The van der Waals surface area contributed by atoms with Crippen LogP contribution < -0.4 is 10.6 Å². The molecule has 2 aromatic heterocycles. The van der Waals surface area contributed by atoms with E-state index in [0.717, 1.165) is 11.8 Å². The van der Waals surface area contributed by atoms with Crippen LogP contribution in [0, 0.1) is 17.8 Å². The highest BCUT2D eigenvalue weighted by Crippen LogP contribution is 2.49. The predicted molar refractivity (Wildman–Crippen MR) is 99.5 cm³/mol. The highest BCUT2D eigenvalue weighted by atomic mass is 32.1. The van der Waals surface area contributed by atoms with Gasteiger partial charge in [-0.15, -0.1) is 11.3 Å². The number of fused-ring (bicyclic) bond motifs is 2. The van der Waals surface area contributed by atoms with E-state index in [1.807, 2.05) is 17.5 Å². The fourth-order valence-electron chi connectivity index (χ4n) is 4.30. The van der Waals surface area contributed by atoms with Crippen molar-refractivity contribution >= 4 is 28.3 Å². The van der Waals surface area contributed by atoms with Crippen molar-refractivity contribution in [3.63, 3.8) is 0 Å². The number of carbonyl (C=O) groups excluding carboxylic acids is 2. The molecule has 0 saturated heterocycles. The van der Waals surface area contributed by atoms with Crippen molar-refractivity contribution in [2.75, 3.05) is 5.32 Å². The SMILES string of the molecule is CC(=O)NCc1ccc(-c2csc(NC(=O)C[C@@H]3C[C@H]4CC[C@H]3C4)n2)o1. The Hall–Kier alpha value is -2.15. The van der Waals surface area contributed by atoms with E-state index in [4.69, 9.17) is 4.42 Å². The van der Waals surface area contributed by atoms with Crippen LogP contribution in [0.25, 0.3) is 11.5 Å². The summed E-state index contributed by atoms with van der Waals surface area (Å²) in [6.07, 6.45) is 5.79. The van der Waals surface area contributed by atoms with Crippen LogP contribution in [0.1, 0.15) is 44.8 Å². The zero-order chi connectivity index (χ0) is 18.1. The number of anilines is 1. The quantitative estimate of drug-likeness (QED) is 0.806.